The fraction of sp³-hybridized carbons (Fsp3) is 0.303. The van der Waals surface area contributed by atoms with E-state index in [2.05, 4.69) is 0 Å². The maximum absolute atomic E-state index is 13.0. The molecule has 8 nitrogen and oxygen atoms in total. The van der Waals surface area contributed by atoms with Crippen LogP contribution >= 0.6 is 0 Å². The van der Waals surface area contributed by atoms with Gasteiger partial charge in [0, 0.05) is 50.7 Å². The summed E-state index contributed by atoms with van der Waals surface area (Å²) in [7, 11) is 3.55. The summed E-state index contributed by atoms with van der Waals surface area (Å²) in [4.78, 5) is 40.4. The molecule has 8 heteroatoms. The number of nitrogens with zero attached hydrogens (tertiary/aromatic N) is 3. The van der Waals surface area contributed by atoms with Crippen molar-refractivity contribution in [3.05, 3.63) is 102 Å². The molecule has 0 unspecified atom stereocenters. The van der Waals surface area contributed by atoms with Crippen molar-refractivity contribution in [2.75, 3.05) is 33.8 Å². The standard InChI is InChI=1S/C33H37N3O5/c1-34(19-17-25-9-5-3-6-10-25)31(37)23-36-22-27(13-16-33(39)40)29-21-28(14-15-30(29)36)41-24-32(38)35(2)20-18-26-11-7-4-8-12-26/h3-12,14-15,21-22H,13,16-20,23-24H2,1-2H3,(H,39,40). The molecule has 3 aromatic carbocycles. The molecule has 4 rings (SSSR count). The Balaban J connectivity index is 1.41. The van der Waals surface area contributed by atoms with Gasteiger partial charge in [0.25, 0.3) is 5.91 Å². The summed E-state index contributed by atoms with van der Waals surface area (Å²) >= 11 is 0. The molecule has 214 valence electrons. The number of hydrogen-bond donors (Lipinski definition) is 1. The summed E-state index contributed by atoms with van der Waals surface area (Å²) in [5.41, 5.74) is 3.97. The smallest absolute Gasteiger partial charge is 0.303 e. The lowest BCUT2D eigenvalue weighted by molar-refractivity contribution is -0.137. The molecular formula is C33H37N3O5. The number of aliphatic carboxylic acids is 1. The number of carboxylic acids is 1. The number of carbonyl (C=O) groups excluding carboxylic acids is 2. The molecule has 0 aliphatic rings. The zero-order valence-electron chi connectivity index (χ0n) is 23.7. The minimum atomic E-state index is -0.890. The Labute approximate surface area is 240 Å². The van der Waals surface area contributed by atoms with E-state index < -0.39 is 5.97 Å². The highest BCUT2D eigenvalue weighted by Crippen LogP contribution is 2.27. The largest absolute Gasteiger partial charge is 0.484 e. The maximum Gasteiger partial charge on any atom is 0.303 e. The quantitative estimate of drug-likeness (QED) is 0.248. The number of carboxylic acid groups (broad SMARTS) is 1. The zero-order chi connectivity index (χ0) is 29.2. The first-order valence-electron chi connectivity index (χ1n) is 13.8. The second-order valence-electron chi connectivity index (χ2n) is 10.2. The Morgan fingerprint density at radius 1 is 0.780 bits per heavy atom. The lowest BCUT2D eigenvalue weighted by Gasteiger charge is -2.18. The average molecular weight is 556 g/mol. The van der Waals surface area contributed by atoms with E-state index in [-0.39, 0.29) is 31.4 Å². The van der Waals surface area contributed by atoms with Crippen molar-refractivity contribution in [3.63, 3.8) is 0 Å². The molecule has 4 aromatic rings. The number of aromatic nitrogens is 1. The number of hydrogen-bond acceptors (Lipinski definition) is 4. The van der Waals surface area contributed by atoms with Crippen LogP contribution < -0.4 is 4.74 Å². The number of benzene rings is 3. The van der Waals surface area contributed by atoms with E-state index in [9.17, 15) is 19.5 Å². The van der Waals surface area contributed by atoms with E-state index in [0.717, 1.165) is 34.9 Å². The van der Waals surface area contributed by atoms with Gasteiger partial charge in [-0.05, 0) is 54.2 Å². The Hall–Kier alpha value is -4.59. The van der Waals surface area contributed by atoms with Crippen molar-refractivity contribution in [1.29, 1.82) is 0 Å². The molecule has 0 radical (unpaired) electrons. The predicted molar refractivity (Wildman–Crippen MR) is 159 cm³/mol. The van der Waals surface area contributed by atoms with Gasteiger partial charge in [0.1, 0.15) is 12.3 Å². The summed E-state index contributed by atoms with van der Waals surface area (Å²) in [6, 6.07) is 25.5. The van der Waals surface area contributed by atoms with Crippen LogP contribution in [0, 0.1) is 0 Å². The molecule has 41 heavy (non-hydrogen) atoms. The van der Waals surface area contributed by atoms with Gasteiger partial charge < -0.3 is 24.2 Å². The SMILES string of the molecule is CN(CCc1ccccc1)C(=O)COc1ccc2c(c1)c(CCC(=O)O)cn2CC(=O)N(C)CCc1ccccc1. The molecule has 0 spiro atoms. The monoisotopic (exact) mass is 555 g/mol. The molecule has 0 aliphatic carbocycles. The van der Waals surface area contributed by atoms with Gasteiger partial charge in [-0.25, -0.2) is 0 Å². The van der Waals surface area contributed by atoms with Gasteiger partial charge in [-0.15, -0.1) is 0 Å². The number of carbonyl (C=O) groups is 3. The average Bonchev–Trinajstić information content (AvgIpc) is 3.33. The second-order valence-corrected chi connectivity index (χ2v) is 10.2. The van der Waals surface area contributed by atoms with Crippen molar-refractivity contribution in [3.8, 4) is 5.75 Å². The minimum Gasteiger partial charge on any atom is -0.484 e. The summed E-state index contributed by atoms with van der Waals surface area (Å²) in [6.45, 7) is 1.22. The van der Waals surface area contributed by atoms with Crippen molar-refractivity contribution in [2.24, 2.45) is 0 Å². The number of fused-ring (bicyclic) bond motifs is 1. The Morgan fingerprint density at radius 2 is 1.37 bits per heavy atom. The Kier molecular flexibility index (Phi) is 10.2. The van der Waals surface area contributed by atoms with Gasteiger partial charge in [0.05, 0.1) is 0 Å². The summed E-state index contributed by atoms with van der Waals surface area (Å²) < 4.78 is 7.70. The second kappa shape index (κ2) is 14.2. The van der Waals surface area contributed by atoms with E-state index >= 15 is 0 Å². The molecule has 0 saturated heterocycles. The first-order valence-corrected chi connectivity index (χ1v) is 13.8. The first-order chi connectivity index (χ1) is 19.8. The van der Waals surface area contributed by atoms with Crippen LogP contribution in [0.3, 0.4) is 0 Å². The fourth-order valence-electron chi connectivity index (χ4n) is 4.67. The Morgan fingerprint density at radius 3 is 1.95 bits per heavy atom. The number of rotatable bonds is 14. The predicted octanol–water partition coefficient (Wildman–Crippen LogP) is 4.44. The highest BCUT2D eigenvalue weighted by Gasteiger charge is 2.16. The third kappa shape index (κ3) is 8.45. The summed E-state index contributed by atoms with van der Waals surface area (Å²) in [6.07, 6.45) is 3.67. The van der Waals surface area contributed by atoms with E-state index in [1.807, 2.05) is 83.6 Å². The molecule has 1 N–H and O–H groups in total. The van der Waals surface area contributed by atoms with Crippen LogP contribution in [0.25, 0.3) is 10.9 Å². The topological polar surface area (TPSA) is 92.1 Å². The van der Waals surface area contributed by atoms with Crippen LogP contribution in [0.2, 0.25) is 0 Å². The van der Waals surface area contributed by atoms with Crippen LogP contribution in [0.4, 0.5) is 0 Å². The minimum absolute atomic E-state index is 0.0280. The van der Waals surface area contributed by atoms with Gasteiger partial charge in [0.15, 0.2) is 6.61 Å². The van der Waals surface area contributed by atoms with Crippen LogP contribution in [-0.2, 0) is 40.2 Å². The zero-order valence-corrected chi connectivity index (χ0v) is 23.7. The van der Waals surface area contributed by atoms with E-state index in [1.54, 1.807) is 30.0 Å². The van der Waals surface area contributed by atoms with Crippen molar-refractivity contribution >= 4 is 28.7 Å². The van der Waals surface area contributed by atoms with Crippen LogP contribution in [-0.4, -0.2) is 71.0 Å². The number of aryl methyl sites for hydroxylation is 1. The van der Waals surface area contributed by atoms with Crippen LogP contribution in [0.5, 0.6) is 5.75 Å². The van der Waals surface area contributed by atoms with E-state index in [0.29, 0.717) is 25.3 Å². The maximum atomic E-state index is 13.0. The molecule has 1 heterocycles. The van der Waals surface area contributed by atoms with Crippen LogP contribution in [0.15, 0.2) is 85.1 Å². The molecule has 0 atom stereocenters. The fourth-order valence-corrected chi connectivity index (χ4v) is 4.67. The molecule has 1 aromatic heterocycles. The molecular weight excluding hydrogens is 518 g/mol. The van der Waals surface area contributed by atoms with Crippen LogP contribution in [0.1, 0.15) is 23.1 Å². The van der Waals surface area contributed by atoms with Gasteiger partial charge in [-0.1, -0.05) is 60.7 Å². The molecule has 0 fully saturated rings. The number of ether oxygens (including phenoxy) is 1. The molecule has 2 amide bonds. The van der Waals surface area contributed by atoms with Gasteiger partial charge in [-0.3, -0.25) is 14.4 Å². The van der Waals surface area contributed by atoms with E-state index in [1.165, 1.54) is 5.56 Å². The third-order valence-corrected chi connectivity index (χ3v) is 7.22. The normalized spacial score (nSPS) is 10.9. The van der Waals surface area contributed by atoms with Crippen molar-refractivity contribution in [2.45, 2.75) is 32.2 Å². The Bertz CT molecular complexity index is 1470. The van der Waals surface area contributed by atoms with Gasteiger partial charge in [-0.2, -0.15) is 0 Å². The first kappa shape index (κ1) is 29.4. The van der Waals surface area contributed by atoms with Gasteiger partial charge in [0.2, 0.25) is 5.91 Å². The highest BCUT2D eigenvalue weighted by atomic mass is 16.5. The molecule has 0 bridgehead atoms. The van der Waals surface area contributed by atoms with E-state index in [4.69, 9.17) is 4.74 Å². The number of amides is 2. The molecule has 0 saturated carbocycles. The van der Waals surface area contributed by atoms with Crippen molar-refractivity contribution in [1.82, 2.24) is 14.4 Å². The molecule has 0 aliphatic heterocycles. The third-order valence-electron chi connectivity index (χ3n) is 7.22. The van der Waals surface area contributed by atoms with Crippen molar-refractivity contribution < 1.29 is 24.2 Å². The lowest BCUT2D eigenvalue weighted by Crippen LogP contribution is -2.33. The highest BCUT2D eigenvalue weighted by molar-refractivity contribution is 5.88. The number of likely N-dealkylation sites (N-methyl/N-ethyl adjacent to an activating group) is 2. The van der Waals surface area contributed by atoms with Gasteiger partial charge >= 0.3 is 5.97 Å². The lowest BCUT2D eigenvalue weighted by atomic mass is 10.1. The summed E-state index contributed by atoms with van der Waals surface area (Å²) in [5, 5.41) is 10.1. The summed E-state index contributed by atoms with van der Waals surface area (Å²) in [5.74, 6) is -0.539.